The minimum atomic E-state index is 0.598. The summed E-state index contributed by atoms with van der Waals surface area (Å²) in [6.45, 7) is 3.98. The number of nitrogens with zero attached hydrogens (tertiary/aromatic N) is 3. The molecule has 0 amide bonds. The molecule has 2 aromatic carbocycles. The standard InChI is InChI=1S/C22H27N5/c1-17-10-7-8-13-19(17)24-22-25-20(18-11-5-4-6-12-18)16-21(26-22)23-14-9-15-27(2)3/h4-8,10-13,16H,9,14-15H2,1-3H3,(H2,23,24,25,26). The average Bonchev–Trinajstić information content (AvgIpc) is 2.67. The zero-order chi connectivity index (χ0) is 19.1. The number of aryl methyl sites for hydroxylation is 1. The summed E-state index contributed by atoms with van der Waals surface area (Å²) in [5.41, 5.74) is 4.15. The Balaban J connectivity index is 1.85. The van der Waals surface area contributed by atoms with E-state index >= 15 is 0 Å². The first-order chi connectivity index (χ1) is 13.1. The molecule has 1 heterocycles. The number of aromatic nitrogens is 2. The summed E-state index contributed by atoms with van der Waals surface area (Å²) in [6, 6.07) is 20.3. The van der Waals surface area contributed by atoms with E-state index in [4.69, 9.17) is 4.98 Å². The fourth-order valence-corrected chi connectivity index (χ4v) is 2.80. The normalized spacial score (nSPS) is 10.8. The average molecular weight is 361 g/mol. The van der Waals surface area contributed by atoms with Gasteiger partial charge in [-0.05, 0) is 45.6 Å². The molecular formula is C22H27N5. The zero-order valence-electron chi connectivity index (χ0n) is 16.2. The van der Waals surface area contributed by atoms with Gasteiger partial charge >= 0.3 is 0 Å². The predicted octanol–water partition coefficient (Wildman–Crippen LogP) is 4.56. The van der Waals surface area contributed by atoms with Crippen molar-refractivity contribution in [1.82, 2.24) is 14.9 Å². The molecule has 3 aromatic rings. The van der Waals surface area contributed by atoms with Gasteiger partial charge in [0.05, 0.1) is 5.69 Å². The van der Waals surface area contributed by atoms with Crippen molar-refractivity contribution in [1.29, 1.82) is 0 Å². The van der Waals surface area contributed by atoms with Crippen LogP contribution >= 0.6 is 0 Å². The summed E-state index contributed by atoms with van der Waals surface area (Å²) < 4.78 is 0. The van der Waals surface area contributed by atoms with Crippen LogP contribution in [0.4, 0.5) is 17.5 Å². The van der Waals surface area contributed by atoms with Crippen molar-refractivity contribution < 1.29 is 0 Å². The summed E-state index contributed by atoms with van der Waals surface area (Å²) >= 11 is 0. The Morgan fingerprint density at radius 2 is 1.67 bits per heavy atom. The molecule has 27 heavy (non-hydrogen) atoms. The second kappa shape index (κ2) is 9.14. The van der Waals surface area contributed by atoms with Gasteiger partial charge in [-0.25, -0.2) is 4.98 Å². The Hall–Kier alpha value is -2.92. The number of hydrogen-bond acceptors (Lipinski definition) is 5. The minimum absolute atomic E-state index is 0.598. The second-order valence-electron chi connectivity index (χ2n) is 6.85. The molecule has 0 aliphatic heterocycles. The molecule has 1 aromatic heterocycles. The molecule has 0 bridgehead atoms. The summed E-state index contributed by atoms with van der Waals surface area (Å²) in [7, 11) is 4.17. The van der Waals surface area contributed by atoms with Gasteiger partial charge in [0.2, 0.25) is 5.95 Å². The molecule has 0 aliphatic carbocycles. The Morgan fingerprint density at radius 3 is 2.41 bits per heavy atom. The van der Waals surface area contributed by atoms with E-state index in [-0.39, 0.29) is 0 Å². The van der Waals surface area contributed by atoms with E-state index in [1.165, 1.54) is 0 Å². The number of nitrogens with one attached hydrogen (secondary N) is 2. The van der Waals surface area contributed by atoms with Gasteiger partial charge in [0.25, 0.3) is 0 Å². The zero-order valence-corrected chi connectivity index (χ0v) is 16.2. The molecule has 0 radical (unpaired) electrons. The number of para-hydroxylation sites is 1. The van der Waals surface area contributed by atoms with Crippen molar-refractivity contribution in [3.8, 4) is 11.3 Å². The van der Waals surface area contributed by atoms with Crippen LogP contribution in [-0.4, -0.2) is 42.1 Å². The maximum atomic E-state index is 4.73. The van der Waals surface area contributed by atoms with Gasteiger partial charge in [0.15, 0.2) is 0 Å². The maximum absolute atomic E-state index is 4.73. The van der Waals surface area contributed by atoms with Crippen LogP contribution in [0.15, 0.2) is 60.7 Å². The number of rotatable bonds is 8. The summed E-state index contributed by atoms with van der Waals surface area (Å²) in [5.74, 6) is 1.43. The fourth-order valence-electron chi connectivity index (χ4n) is 2.80. The van der Waals surface area contributed by atoms with Crippen molar-refractivity contribution in [2.75, 3.05) is 37.8 Å². The highest BCUT2D eigenvalue weighted by molar-refractivity contribution is 5.66. The maximum Gasteiger partial charge on any atom is 0.229 e. The smallest absolute Gasteiger partial charge is 0.229 e. The van der Waals surface area contributed by atoms with Crippen molar-refractivity contribution in [2.24, 2.45) is 0 Å². The largest absolute Gasteiger partial charge is 0.370 e. The van der Waals surface area contributed by atoms with Gasteiger partial charge in [-0.15, -0.1) is 0 Å². The van der Waals surface area contributed by atoms with Crippen LogP contribution in [-0.2, 0) is 0 Å². The van der Waals surface area contributed by atoms with Crippen LogP contribution in [0.25, 0.3) is 11.3 Å². The minimum Gasteiger partial charge on any atom is -0.370 e. The van der Waals surface area contributed by atoms with Crippen LogP contribution in [0.2, 0.25) is 0 Å². The molecule has 2 N–H and O–H groups in total. The molecule has 0 aliphatic rings. The van der Waals surface area contributed by atoms with E-state index in [0.717, 1.165) is 47.8 Å². The monoisotopic (exact) mass is 361 g/mol. The number of hydrogen-bond donors (Lipinski definition) is 2. The number of anilines is 3. The van der Waals surface area contributed by atoms with E-state index in [1.807, 2.05) is 42.5 Å². The van der Waals surface area contributed by atoms with Crippen LogP contribution in [0.5, 0.6) is 0 Å². The molecule has 0 atom stereocenters. The van der Waals surface area contributed by atoms with Gasteiger partial charge in [0, 0.05) is 23.9 Å². The first-order valence-corrected chi connectivity index (χ1v) is 9.27. The van der Waals surface area contributed by atoms with E-state index < -0.39 is 0 Å². The quantitative estimate of drug-likeness (QED) is 0.576. The lowest BCUT2D eigenvalue weighted by molar-refractivity contribution is 0.405. The summed E-state index contributed by atoms with van der Waals surface area (Å²) in [4.78, 5) is 11.6. The van der Waals surface area contributed by atoms with Gasteiger partial charge < -0.3 is 15.5 Å². The predicted molar refractivity (Wildman–Crippen MR) is 114 cm³/mol. The molecule has 0 unspecified atom stereocenters. The fraction of sp³-hybridized carbons (Fsp3) is 0.273. The van der Waals surface area contributed by atoms with Crippen molar-refractivity contribution in [3.05, 3.63) is 66.2 Å². The van der Waals surface area contributed by atoms with E-state index in [9.17, 15) is 0 Å². The van der Waals surface area contributed by atoms with Gasteiger partial charge in [-0.3, -0.25) is 0 Å². The van der Waals surface area contributed by atoms with Crippen molar-refractivity contribution >= 4 is 17.5 Å². The Bertz CT molecular complexity index is 862. The van der Waals surface area contributed by atoms with Crippen molar-refractivity contribution in [3.63, 3.8) is 0 Å². The molecule has 5 nitrogen and oxygen atoms in total. The van der Waals surface area contributed by atoms with E-state index in [1.54, 1.807) is 0 Å². The highest BCUT2D eigenvalue weighted by atomic mass is 15.1. The van der Waals surface area contributed by atoms with Crippen LogP contribution in [0.3, 0.4) is 0 Å². The highest BCUT2D eigenvalue weighted by Gasteiger charge is 2.08. The third-order valence-electron chi connectivity index (χ3n) is 4.28. The second-order valence-corrected chi connectivity index (χ2v) is 6.85. The van der Waals surface area contributed by atoms with Gasteiger partial charge in [0.1, 0.15) is 5.82 Å². The van der Waals surface area contributed by atoms with E-state index in [2.05, 4.69) is 59.7 Å². The molecular weight excluding hydrogens is 334 g/mol. The molecule has 5 heteroatoms. The van der Waals surface area contributed by atoms with E-state index in [0.29, 0.717) is 5.95 Å². The summed E-state index contributed by atoms with van der Waals surface area (Å²) in [5, 5.41) is 6.79. The number of benzene rings is 2. The molecule has 3 rings (SSSR count). The van der Waals surface area contributed by atoms with Crippen LogP contribution < -0.4 is 10.6 Å². The van der Waals surface area contributed by atoms with Crippen LogP contribution in [0.1, 0.15) is 12.0 Å². The topological polar surface area (TPSA) is 53.1 Å². The highest BCUT2D eigenvalue weighted by Crippen LogP contribution is 2.24. The van der Waals surface area contributed by atoms with Gasteiger partial charge in [-0.1, -0.05) is 48.5 Å². The van der Waals surface area contributed by atoms with Crippen LogP contribution in [0, 0.1) is 6.92 Å². The first-order valence-electron chi connectivity index (χ1n) is 9.27. The lowest BCUT2D eigenvalue weighted by Crippen LogP contribution is -2.17. The Kier molecular flexibility index (Phi) is 6.39. The third kappa shape index (κ3) is 5.53. The van der Waals surface area contributed by atoms with Gasteiger partial charge in [-0.2, -0.15) is 4.98 Å². The Morgan fingerprint density at radius 1 is 0.926 bits per heavy atom. The third-order valence-corrected chi connectivity index (χ3v) is 4.28. The molecule has 0 saturated carbocycles. The molecule has 0 saturated heterocycles. The SMILES string of the molecule is Cc1ccccc1Nc1nc(NCCCN(C)C)cc(-c2ccccc2)n1. The Labute approximate surface area is 161 Å². The lowest BCUT2D eigenvalue weighted by Gasteiger charge is -2.13. The first kappa shape index (κ1) is 18.9. The molecule has 140 valence electrons. The molecule has 0 spiro atoms. The molecule has 0 fully saturated rings. The van der Waals surface area contributed by atoms with Crippen molar-refractivity contribution in [2.45, 2.75) is 13.3 Å². The summed E-state index contributed by atoms with van der Waals surface area (Å²) in [6.07, 6.45) is 1.05. The lowest BCUT2D eigenvalue weighted by atomic mass is 10.1.